The zero-order chi connectivity index (χ0) is 22.0. The first-order valence-electron chi connectivity index (χ1n) is 9.84. The van der Waals surface area contributed by atoms with Crippen molar-refractivity contribution in [2.75, 3.05) is 11.1 Å². The summed E-state index contributed by atoms with van der Waals surface area (Å²) in [6, 6.07) is 15.5. The summed E-state index contributed by atoms with van der Waals surface area (Å²) in [5.74, 6) is -0.000841. The Morgan fingerprint density at radius 1 is 1.23 bits per heavy atom. The van der Waals surface area contributed by atoms with Gasteiger partial charge in [-0.05, 0) is 43.2 Å². The lowest BCUT2D eigenvalue weighted by atomic mass is 10.1. The van der Waals surface area contributed by atoms with Crippen LogP contribution in [0.1, 0.15) is 12.5 Å². The normalized spacial score (nSPS) is 11.1. The number of carbonyl (C=O) groups is 1. The Hall–Kier alpha value is -2.84. The average molecular weight is 497 g/mol. The number of anilines is 1. The van der Waals surface area contributed by atoms with Crippen LogP contribution < -0.4 is 10.9 Å². The average Bonchev–Trinajstić information content (AvgIpc) is 3.20. The molecule has 0 aliphatic heterocycles. The maximum Gasteiger partial charge on any atom is 0.278 e. The van der Waals surface area contributed by atoms with Gasteiger partial charge >= 0.3 is 0 Å². The van der Waals surface area contributed by atoms with Crippen LogP contribution in [0.4, 0.5) is 5.69 Å². The van der Waals surface area contributed by atoms with Crippen LogP contribution in [0.3, 0.4) is 0 Å². The van der Waals surface area contributed by atoms with Gasteiger partial charge in [0.1, 0.15) is 11.0 Å². The van der Waals surface area contributed by atoms with Crippen molar-refractivity contribution in [3.8, 4) is 11.1 Å². The second-order valence-electron chi connectivity index (χ2n) is 7.04. The predicted molar refractivity (Wildman–Crippen MR) is 130 cm³/mol. The number of thioether (sulfide) groups is 1. The molecule has 0 spiro atoms. The number of fused-ring (bicyclic) bond motifs is 1. The Balaban J connectivity index is 1.61. The fourth-order valence-electron chi connectivity index (χ4n) is 3.35. The van der Waals surface area contributed by atoms with Gasteiger partial charge in [-0.3, -0.25) is 14.2 Å². The van der Waals surface area contributed by atoms with Crippen molar-refractivity contribution in [2.45, 2.75) is 25.5 Å². The summed E-state index contributed by atoms with van der Waals surface area (Å²) in [5, 5.41) is 3.43. The summed E-state index contributed by atoms with van der Waals surface area (Å²) in [6.45, 7) is 4.33. The monoisotopic (exact) mass is 496 g/mol. The molecule has 0 aliphatic rings. The van der Waals surface area contributed by atoms with E-state index in [1.807, 2.05) is 68.6 Å². The lowest BCUT2D eigenvalue weighted by Gasteiger charge is -2.11. The number of nitrogens with one attached hydrogen (secondary N) is 2. The zero-order valence-electron chi connectivity index (χ0n) is 17.1. The Labute approximate surface area is 192 Å². The molecule has 158 valence electrons. The van der Waals surface area contributed by atoms with Crippen LogP contribution in [0.2, 0.25) is 0 Å². The van der Waals surface area contributed by atoms with Crippen molar-refractivity contribution >= 4 is 50.3 Å². The maximum atomic E-state index is 13.0. The van der Waals surface area contributed by atoms with E-state index in [1.54, 1.807) is 4.57 Å². The third-order valence-electron chi connectivity index (χ3n) is 4.93. The number of benzene rings is 2. The molecule has 0 fully saturated rings. The molecule has 2 aromatic carbocycles. The van der Waals surface area contributed by atoms with E-state index in [0.29, 0.717) is 22.7 Å². The van der Waals surface area contributed by atoms with E-state index in [0.717, 1.165) is 26.9 Å². The van der Waals surface area contributed by atoms with Crippen LogP contribution >= 0.6 is 27.7 Å². The molecule has 2 aromatic heterocycles. The van der Waals surface area contributed by atoms with E-state index in [2.05, 4.69) is 26.2 Å². The molecule has 2 N–H and O–H groups in total. The zero-order valence-corrected chi connectivity index (χ0v) is 19.5. The van der Waals surface area contributed by atoms with Gasteiger partial charge in [0, 0.05) is 28.5 Å². The minimum Gasteiger partial charge on any atom is -0.355 e. The highest BCUT2D eigenvalue weighted by Gasteiger charge is 2.17. The summed E-state index contributed by atoms with van der Waals surface area (Å²) < 4.78 is 2.58. The standard InChI is InChI=1S/C23H21BrN4O2S/c1-3-28-22(30)21-20(17(12-25-21)15-7-5-4-6-8-15)27-23(28)31-13-19(29)26-16-9-10-18(24)14(2)11-16/h4-12,25H,3,13H2,1-2H3,(H,26,29). The summed E-state index contributed by atoms with van der Waals surface area (Å²) in [5.41, 5.74) is 4.58. The van der Waals surface area contributed by atoms with E-state index < -0.39 is 0 Å². The minimum atomic E-state index is -0.152. The van der Waals surface area contributed by atoms with Gasteiger partial charge in [0.05, 0.1) is 5.75 Å². The molecular weight excluding hydrogens is 476 g/mol. The minimum absolute atomic E-state index is 0.138. The Morgan fingerprint density at radius 3 is 2.71 bits per heavy atom. The Morgan fingerprint density at radius 2 is 2.00 bits per heavy atom. The second kappa shape index (κ2) is 9.11. The fourth-order valence-corrected chi connectivity index (χ4v) is 4.45. The van der Waals surface area contributed by atoms with Gasteiger partial charge in [0.2, 0.25) is 5.91 Å². The maximum absolute atomic E-state index is 13.0. The van der Waals surface area contributed by atoms with Crippen LogP contribution in [-0.2, 0) is 11.3 Å². The van der Waals surface area contributed by atoms with Gasteiger partial charge in [-0.15, -0.1) is 0 Å². The van der Waals surface area contributed by atoms with Crippen molar-refractivity contribution in [1.29, 1.82) is 0 Å². The number of H-pyrrole nitrogens is 1. The van der Waals surface area contributed by atoms with E-state index in [1.165, 1.54) is 11.8 Å². The highest BCUT2D eigenvalue weighted by molar-refractivity contribution is 9.10. The van der Waals surface area contributed by atoms with Crippen molar-refractivity contribution < 1.29 is 4.79 Å². The molecule has 0 aliphatic carbocycles. The third-order valence-corrected chi connectivity index (χ3v) is 6.79. The Kier molecular flexibility index (Phi) is 6.29. The van der Waals surface area contributed by atoms with E-state index in [4.69, 9.17) is 4.98 Å². The van der Waals surface area contributed by atoms with Crippen molar-refractivity contribution in [2.24, 2.45) is 0 Å². The first kappa shape index (κ1) is 21.4. The van der Waals surface area contributed by atoms with Gasteiger partial charge in [0.25, 0.3) is 5.56 Å². The number of nitrogens with zero attached hydrogens (tertiary/aromatic N) is 2. The first-order chi connectivity index (χ1) is 15.0. The van der Waals surface area contributed by atoms with Crippen molar-refractivity contribution in [1.82, 2.24) is 14.5 Å². The largest absolute Gasteiger partial charge is 0.355 e. The SMILES string of the molecule is CCn1c(SCC(=O)Nc2ccc(Br)c(C)c2)nc2c(-c3ccccc3)c[nH]c2c1=O. The lowest BCUT2D eigenvalue weighted by Crippen LogP contribution is -2.23. The summed E-state index contributed by atoms with van der Waals surface area (Å²) in [6.07, 6.45) is 1.81. The van der Waals surface area contributed by atoms with Crippen molar-refractivity contribution in [3.63, 3.8) is 0 Å². The summed E-state index contributed by atoms with van der Waals surface area (Å²) >= 11 is 4.72. The quantitative estimate of drug-likeness (QED) is 0.283. The summed E-state index contributed by atoms with van der Waals surface area (Å²) in [7, 11) is 0. The van der Waals surface area contributed by atoms with Gasteiger partial charge in [0.15, 0.2) is 5.16 Å². The topological polar surface area (TPSA) is 79.8 Å². The Bertz CT molecular complexity index is 1310. The molecule has 2 heterocycles. The molecule has 4 rings (SSSR count). The molecule has 0 bridgehead atoms. The van der Waals surface area contributed by atoms with Gasteiger partial charge in [-0.1, -0.05) is 58.0 Å². The molecule has 0 radical (unpaired) electrons. The molecule has 31 heavy (non-hydrogen) atoms. The molecule has 0 saturated carbocycles. The molecule has 6 nitrogen and oxygen atoms in total. The van der Waals surface area contributed by atoms with Crippen LogP contribution in [0.5, 0.6) is 0 Å². The first-order valence-corrected chi connectivity index (χ1v) is 11.6. The van der Waals surface area contributed by atoms with Crippen LogP contribution in [-0.4, -0.2) is 26.2 Å². The van der Waals surface area contributed by atoms with E-state index in [9.17, 15) is 9.59 Å². The van der Waals surface area contributed by atoms with Gasteiger partial charge in [-0.25, -0.2) is 4.98 Å². The van der Waals surface area contributed by atoms with Gasteiger partial charge < -0.3 is 10.3 Å². The summed E-state index contributed by atoms with van der Waals surface area (Å²) in [4.78, 5) is 33.3. The van der Waals surface area contributed by atoms with Crippen LogP contribution in [0.15, 0.2) is 69.2 Å². The molecule has 8 heteroatoms. The predicted octanol–water partition coefficient (Wildman–Crippen LogP) is 5.21. The van der Waals surface area contributed by atoms with E-state index >= 15 is 0 Å². The lowest BCUT2D eigenvalue weighted by molar-refractivity contribution is -0.113. The molecule has 0 saturated heterocycles. The molecule has 1 amide bonds. The number of rotatable bonds is 6. The van der Waals surface area contributed by atoms with Crippen LogP contribution in [0, 0.1) is 6.92 Å². The number of aromatic nitrogens is 3. The number of amides is 1. The number of hydrogen-bond acceptors (Lipinski definition) is 4. The molecule has 0 unspecified atom stereocenters. The number of aromatic amines is 1. The number of carbonyl (C=O) groups excluding carboxylic acids is 1. The number of aryl methyl sites for hydroxylation is 1. The van der Waals surface area contributed by atoms with Crippen LogP contribution in [0.25, 0.3) is 22.2 Å². The number of hydrogen-bond donors (Lipinski definition) is 2. The van der Waals surface area contributed by atoms with Crippen molar-refractivity contribution in [3.05, 3.63) is 75.1 Å². The second-order valence-corrected chi connectivity index (χ2v) is 8.83. The van der Waals surface area contributed by atoms with Gasteiger partial charge in [-0.2, -0.15) is 0 Å². The molecule has 4 aromatic rings. The molecular formula is C23H21BrN4O2S. The molecule has 0 atom stereocenters. The smallest absolute Gasteiger partial charge is 0.278 e. The third kappa shape index (κ3) is 4.45. The highest BCUT2D eigenvalue weighted by Crippen LogP contribution is 2.28. The fraction of sp³-hybridized carbons (Fsp3) is 0.174. The highest BCUT2D eigenvalue weighted by atomic mass is 79.9. The van der Waals surface area contributed by atoms with E-state index in [-0.39, 0.29) is 17.2 Å². The number of halogens is 1.